The minimum absolute atomic E-state index is 0.140. The van der Waals surface area contributed by atoms with Gasteiger partial charge in [-0.2, -0.15) is 18.3 Å². The normalized spacial score (nSPS) is 19.4. The summed E-state index contributed by atoms with van der Waals surface area (Å²) in [7, 11) is 0. The third-order valence-electron chi connectivity index (χ3n) is 7.81. The Hall–Kier alpha value is -2.78. The number of alkyl halides is 4. The number of aromatic nitrogens is 2. The van der Waals surface area contributed by atoms with Gasteiger partial charge < -0.3 is 9.80 Å². The van der Waals surface area contributed by atoms with Gasteiger partial charge in [0.05, 0.1) is 12.2 Å². The number of nitrogens with zero attached hydrogens (tertiary/aromatic N) is 5. The Kier molecular flexibility index (Phi) is 8.08. The van der Waals surface area contributed by atoms with Crippen molar-refractivity contribution in [2.45, 2.75) is 51.5 Å². The van der Waals surface area contributed by atoms with Crippen LogP contribution in [0, 0.1) is 6.92 Å². The summed E-state index contributed by atoms with van der Waals surface area (Å²) in [6.07, 6.45) is -1.78. The predicted molar refractivity (Wildman–Crippen MR) is 153 cm³/mol. The van der Waals surface area contributed by atoms with Crippen molar-refractivity contribution < 1.29 is 17.6 Å². The highest BCUT2D eigenvalue weighted by Crippen LogP contribution is 2.39. The number of halogens is 5. The molecule has 5 nitrogen and oxygen atoms in total. The molecule has 0 radical (unpaired) electrons. The minimum Gasteiger partial charge on any atom is -0.369 e. The molecule has 40 heavy (non-hydrogen) atoms. The molecular formula is C30H36ClF4N5. The van der Waals surface area contributed by atoms with Crippen LogP contribution in [0.15, 0.2) is 48.7 Å². The monoisotopic (exact) mass is 577 g/mol. The number of aryl methyl sites for hydroxylation is 1. The van der Waals surface area contributed by atoms with E-state index in [2.05, 4.69) is 44.1 Å². The maximum Gasteiger partial charge on any atom is 0.433 e. The van der Waals surface area contributed by atoms with Crippen LogP contribution in [0.1, 0.15) is 44.0 Å². The summed E-state index contributed by atoms with van der Waals surface area (Å²) in [5.41, 5.74) is 2.29. The fourth-order valence-electron chi connectivity index (χ4n) is 6.01. The molecule has 2 aromatic carbocycles. The summed E-state index contributed by atoms with van der Waals surface area (Å²) in [6, 6.07) is 13.7. The molecule has 0 amide bonds. The fourth-order valence-corrected chi connectivity index (χ4v) is 6.18. The van der Waals surface area contributed by atoms with Crippen molar-refractivity contribution in [2.75, 3.05) is 55.6 Å². The van der Waals surface area contributed by atoms with Crippen molar-refractivity contribution in [3.63, 3.8) is 0 Å². The Morgan fingerprint density at radius 2 is 1.62 bits per heavy atom. The maximum atomic E-state index is 14.0. The van der Waals surface area contributed by atoms with Gasteiger partial charge in [0.25, 0.3) is 0 Å². The van der Waals surface area contributed by atoms with Crippen LogP contribution in [0.3, 0.4) is 0 Å². The van der Waals surface area contributed by atoms with E-state index in [4.69, 9.17) is 11.6 Å². The molecule has 1 unspecified atom stereocenters. The van der Waals surface area contributed by atoms with E-state index in [0.29, 0.717) is 24.5 Å². The van der Waals surface area contributed by atoms with Crippen molar-refractivity contribution >= 4 is 23.0 Å². The Balaban J connectivity index is 1.34. The highest BCUT2D eigenvalue weighted by Gasteiger charge is 2.39. The van der Waals surface area contributed by atoms with Gasteiger partial charge in [-0.25, -0.2) is 4.39 Å². The molecular weight excluding hydrogens is 542 g/mol. The molecule has 2 aliphatic heterocycles. The summed E-state index contributed by atoms with van der Waals surface area (Å²) in [5.74, 6) is 0. The van der Waals surface area contributed by atoms with Gasteiger partial charge in [0.1, 0.15) is 11.4 Å². The Morgan fingerprint density at radius 1 is 0.925 bits per heavy atom. The Labute approximate surface area is 238 Å². The third-order valence-corrected chi connectivity index (χ3v) is 8.04. The minimum atomic E-state index is -4.46. The first-order valence-corrected chi connectivity index (χ1v) is 14.2. The molecule has 2 fully saturated rings. The quantitative estimate of drug-likeness (QED) is 0.289. The van der Waals surface area contributed by atoms with Crippen LogP contribution in [0.25, 0.3) is 11.1 Å². The van der Waals surface area contributed by atoms with Crippen molar-refractivity contribution in [3.05, 3.63) is 64.9 Å². The molecule has 10 heteroatoms. The van der Waals surface area contributed by atoms with Crippen LogP contribution >= 0.6 is 11.6 Å². The Morgan fingerprint density at radius 3 is 2.27 bits per heavy atom. The van der Waals surface area contributed by atoms with Gasteiger partial charge in [0.15, 0.2) is 0 Å². The van der Waals surface area contributed by atoms with Gasteiger partial charge in [-0.1, -0.05) is 29.8 Å². The average molecular weight is 578 g/mol. The van der Waals surface area contributed by atoms with E-state index >= 15 is 0 Å². The molecule has 0 bridgehead atoms. The highest BCUT2D eigenvalue weighted by atomic mass is 35.5. The molecule has 1 aromatic heterocycles. The average Bonchev–Trinajstić information content (AvgIpc) is 3.30. The van der Waals surface area contributed by atoms with E-state index < -0.39 is 23.6 Å². The second-order valence-corrected chi connectivity index (χ2v) is 12.0. The van der Waals surface area contributed by atoms with Gasteiger partial charge in [-0.3, -0.25) is 9.58 Å². The number of hydrogen-bond acceptors (Lipinski definition) is 4. The second kappa shape index (κ2) is 11.2. The molecule has 3 heterocycles. The van der Waals surface area contributed by atoms with E-state index in [1.54, 1.807) is 13.8 Å². The lowest BCUT2D eigenvalue weighted by Crippen LogP contribution is -2.49. The van der Waals surface area contributed by atoms with E-state index in [1.165, 1.54) is 13.1 Å². The van der Waals surface area contributed by atoms with Crippen LogP contribution in [-0.4, -0.2) is 66.2 Å². The van der Waals surface area contributed by atoms with Crippen LogP contribution in [0.5, 0.6) is 0 Å². The molecule has 0 aliphatic carbocycles. The van der Waals surface area contributed by atoms with Crippen molar-refractivity contribution in [2.24, 2.45) is 0 Å². The first kappa shape index (κ1) is 28.7. The van der Waals surface area contributed by atoms with Gasteiger partial charge in [-0.15, -0.1) is 0 Å². The van der Waals surface area contributed by atoms with Gasteiger partial charge >= 0.3 is 6.18 Å². The summed E-state index contributed by atoms with van der Waals surface area (Å²) in [5, 5.41) is 4.71. The first-order chi connectivity index (χ1) is 18.9. The van der Waals surface area contributed by atoms with Gasteiger partial charge in [-0.05, 0) is 69.0 Å². The van der Waals surface area contributed by atoms with Crippen molar-refractivity contribution in [1.82, 2.24) is 14.7 Å². The molecule has 5 rings (SSSR count). The van der Waals surface area contributed by atoms with E-state index in [0.717, 1.165) is 66.3 Å². The van der Waals surface area contributed by atoms with Crippen LogP contribution in [-0.2, 0) is 6.18 Å². The first-order valence-electron chi connectivity index (χ1n) is 13.8. The molecule has 1 atom stereocenters. The molecule has 2 aliphatic rings. The number of piperidine rings is 1. The zero-order chi connectivity index (χ0) is 28.7. The number of piperazine rings is 1. The highest BCUT2D eigenvalue weighted by molar-refractivity contribution is 6.31. The number of hydrogen-bond donors (Lipinski definition) is 0. The molecule has 216 valence electrons. The summed E-state index contributed by atoms with van der Waals surface area (Å²) < 4.78 is 56.6. The molecule has 2 saturated heterocycles. The second-order valence-electron chi connectivity index (χ2n) is 11.6. The third kappa shape index (κ3) is 6.41. The van der Waals surface area contributed by atoms with E-state index in [1.807, 2.05) is 18.2 Å². The zero-order valence-electron chi connectivity index (χ0n) is 23.2. The molecule has 3 aromatic rings. The predicted octanol–water partition coefficient (Wildman–Crippen LogP) is 7.24. The van der Waals surface area contributed by atoms with Gasteiger partial charge in [0.2, 0.25) is 0 Å². The standard InChI is InChI=1S/C30H36ClF4N5/c1-21-18-36-40(28(21)30(33,34)35)25-5-4-12-39(19-25)27-17-23(31)8-11-26(27)22-6-9-24(10-7-22)38-15-13-37(14-16-38)20-29(2,3)32/h6-11,17-18,25H,4-5,12-16,19-20H2,1-3H3. The topological polar surface area (TPSA) is 27.5 Å². The molecule has 0 spiro atoms. The Bertz CT molecular complexity index is 1310. The summed E-state index contributed by atoms with van der Waals surface area (Å²) in [4.78, 5) is 6.61. The van der Waals surface area contributed by atoms with E-state index in [-0.39, 0.29) is 5.56 Å². The largest absolute Gasteiger partial charge is 0.433 e. The van der Waals surface area contributed by atoms with Crippen LogP contribution in [0.2, 0.25) is 5.02 Å². The lowest BCUT2D eigenvalue weighted by atomic mass is 9.99. The zero-order valence-corrected chi connectivity index (χ0v) is 23.9. The summed E-state index contributed by atoms with van der Waals surface area (Å²) in [6.45, 7) is 9.57. The lowest BCUT2D eigenvalue weighted by Gasteiger charge is -2.38. The van der Waals surface area contributed by atoms with Gasteiger partial charge in [0, 0.05) is 67.8 Å². The SMILES string of the molecule is Cc1cnn(C2CCCN(c3cc(Cl)ccc3-c3ccc(N4CCN(CC(C)(C)F)CC4)cc3)C2)c1C(F)(F)F. The van der Waals surface area contributed by atoms with E-state index in [9.17, 15) is 17.6 Å². The number of rotatable bonds is 6. The number of anilines is 2. The van der Waals surface area contributed by atoms with Crippen LogP contribution in [0.4, 0.5) is 28.9 Å². The van der Waals surface area contributed by atoms with Crippen molar-refractivity contribution in [3.8, 4) is 11.1 Å². The lowest BCUT2D eigenvalue weighted by molar-refractivity contribution is -0.145. The smallest absolute Gasteiger partial charge is 0.369 e. The van der Waals surface area contributed by atoms with Crippen molar-refractivity contribution in [1.29, 1.82) is 0 Å². The van der Waals surface area contributed by atoms with Crippen LogP contribution < -0.4 is 9.80 Å². The number of benzene rings is 2. The fraction of sp³-hybridized carbons (Fsp3) is 0.500. The molecule has 0 saturated carbocycles. The maximum absolute atomic E-state index is 14.0. The molecule has 0 N–H and O–H groups in total. The summed E-state index contributed by atoms with van der Waals surface area (Å²) >= 11 is 6.42.